The molecule has 3 N–H and O–H groups in total. The smallest absolute Gasteiger partial charge is 0.348 e. The van der Waals surface area contributed by atoms with Crippen molar-refractivity contribution in [1.82, 2.24) is 0 Å². The van der Waals surface area contributed by atoms with Gasteiger partial charge in [0.1, 0.15) is 17.6 Å². The van der Waals surface area contributed by atoms with Gasteiger partial charge in [-0.05, 0) is 68.4 Å². The third-order valence-electron chi connectivity index (χ3n) is 6.49. The van der Waals surface area contributed by atoms with Crippen molar-refractivity contribution in [3.8, 4) is 0 Å². The van der Waals surface area contributed by atoms with E-state index in [1.807, 2.05) is 11.0 Å². The van der Waals surface area contributed by atoms with E-state index in [4.69, 9.17) is 9.84 Å². The van der Waals surface area contributed by atoms with Gasteiger partial charge in [-0.25, -0.2) is 4.79 Å². The summed E-state index contributed by atoms with van der Waals surface area (Å²) in [5.41, 5.74) is 2.45. The number of aliphatic hydroxyl groups excluding tert-OH is 3. The normalized spacial score (nSPS) is 14.7. The van der Waals surface area contributed by atoms with Gasteiger partial charge in [0, 0.05) is 30.1 Å². The van der Waals surface area contributed by atoms with Crippen LogP contribution in [-0.2, 0) is 22.4 Å². The molecule has 1 aromatic carbocycles. The van der Waals surface area contributed by atoms with Crippen molar-refractivity contribution in [3.63, 3.8) is 0 Å². The van der Waals surface area contributed by atoms with Gasteiger partial charge >= 0.3 is 5.97 Å². The summed E-state index contributed by atoms with van der Waals surface area (Å²) < 4.78 is 4.98. The summed E-state index contributed by atoms with van der Waals surface area (Å²) >= 11 is 1.39. The molecule has 38 heavy (non-hydrogen) atoms. The maximum absolute atomic E-state index is 11.8. The van der Waals surface area contributed by atoms with Crippen molar-refractivity contribution in [2.24, 2.45) is 0 Å². The number of unbranched alkanes of at least 4 members (excludes halogenated alkanes) is 3. The first-order valence-electron chi connectivity index (χ1n) is 14.0. The standard InChI is InChI=1S/C16H23NO.C14H22O5S/c1-2-3-4-5-7-14-9-11-15(12-10-14)17-13-6-8-16(17)18;1-2-4-10-6-7-13(20-10)14(18)19-9-12(17)11(16)5-3-8-15/h9-12H,2-8,13H2,1H3;6-7,11-12,15-17H,2-5,8-9H2,1H3. The van der Waals surface area contributed by atoms with E-state index in [-0.39, 0.29) is 25.5 Å². The van der Waals surface area contributed by atoms with E-state index in [1.165, 1.54) is 42.6 Å². The Morgan fingerprint density at radius 1 is 0.974 bits per heavy atom. The third kappa shape index (κ3) is 11.2. The van der Waals surface area contributed by atoms with E-state index < -0.39 is 18.2 Å². The van der Waals surface area contributed by atoms with Gasteiger partial charge in [-0.2, -0.15) is 0 Å². The Hall–Kier alpha value is -2.26. The van der Waals surface area contributed by atoms with E-state index in [2.05, 4.69) is 38.1 Å². The van der Waals surface area contributed by atoms with Gasteiger partial charge in [0.2, 0.25) is 5.91 Å². The van der Waals surface area contributed by atoms with Gasteiger partial charge in [-0.3, -0.25) is 4.79 Å². The van der Waals surface area contributed by atoms with E-state index in [0.29, 0.717) is 17.7 Å². The van der Waals surface area contributed by atoms with Gasteiger partial charge in [0.05, 0.1) is 6.10 Å². The Morgan fingerprint density at radius 2 is 1.74 bits per heavy atom. The molecule has 0 bridgehead atoms. The molecule has 2 unspecified atom stereocenters. The summed E-state index contributed by atoms with van der Waals surface area (Å²) in [6, 6.07) is 12.2. The number of hydrogen-bond acceptors (Lipinski definition) is 7. The average Bonchev–Trinajstić information content (AvgIpc) is 3.58. The van der Waals surface area contributed by atoms with Gasteiger partial charge in [0.15, 0.2) is 0 Å². The van der Waals surface area contributed by atoms with Crippen molar-refractivity contribution in [2.75, 3.05) is 24.7 Å². The summed E-state index contributed by atoms with van der Waals surface area (Å²) in [4.78, 5) is 26.9. The molecule has 1 amide bonds. The van der Waals surface area contributed by atoms with Crippen LogP contribution in [0, 0.1) is 0 Å². The molecular formula is C30H45NO6S. The minimum atomic E-state index is -1.12. The molecular weight excluding hydrogens is 502 g/mol. The molecule has 1 aromatic heterocycles. The molecule has 2 atom stereocenters. The average molecular weight is 548 g/mol. The van der Waals surface area contributed by atoms with Crippen molar-refractivity contribution in [1.29, 1.82) is 0 Å². The fourth-order valence-electron chi connectivity index (χ4n) is 4.22. The zero-order valence-electron chi connectivity index (χ0n) is 22.9. The molecule has 1 aliphatic rings. The van der Waals surface area contributed by atoms with Crippen LogP contribution in [0.3, 0.4) is 0 Å². The number of anilines is 1. The first-order chi connectivity index (χ1) is 18.4. The van der Waals surface area contributed by atoms with E-state index in [9.17, 15) is 19.8 Å². The molecule has 2 heterocycles. The maximum atomic E-state index is 11.8. The molecule has 0 aliphatic carbocycles. The van der Waals surface area contributed by atoms with Crippen LogP contribution in [0.2, 0.25) is 0 Å². The number of thiophene rings is 1. The summed E-state index contributed by atoms with van der Waals surface area (Å²) in [5, 5.41) is 27.8. The SMILES string of the molecule is CCCCCCc1ccc(N2CCCC2=O)cc1.CCCc1ccc(C(=O)OCC(O)C(O)CCCO)s1. The van der Waals surface area contributed by atoms with Gasteiger partial charge in [0.25, 0.3) is 0 Å². The molecule has 1 saturated heterocycles. The molecule has 7 nitrogen and oxygen atoms in total. The number of benzene rings is 1. The second-order valence-electron chi connectivity index (χ2n) is 9.74. The summed E-state index contributed by atoms with van der Waals surface area (Å²) in [6.07, 6.45) is 8.59. The Labute approximate surface area is 231 Å². The summed E-state index contributed by atoms with van der Waals surface area (Å²) in [6.45, 7) is 4.91. The zero-order chi connectivity index (χ0) is 27.8. The number of esters is 1. The van der Waals surface area contributed by atoms with Crippen LogP contribution >= 0.6 is 11.3 Å². The molecule has 1 aliphatic heterocycles. The third-order valence-corrected chi connectivity index (χ3v) is 7.61. The van der Waals surface area contributed by atoms with Gasteiger partial charge in [-0.1, -0.05) is 51.7 Å². The van der Waals surface area contributed by atoms with Crippen molar-refractivity contribution < 1.29 is 29.6 Å². The van der Waals surface area contributed by atoms with Crippen LogP contribution in [-0.4, -0.2) is 59.2 Å². The predicted octanol–water partition coefficient (Wildman–Crippen LogP) is 5.29. The quantitative estimate of drug-likeness (QED) is 0.207. The molecule has 3 rings (SSSR count). The van der Waals surface area contributed by atoms with Crippen LogP contribution < -0.4 is 4.90 Å². The van der Waals surface area contributed by atoms with Crippen molar-refractivity contribution >= 4 is 28.9 Å². The molecule has 8 heteroatoms. The second-order valence-corrected chi connectivity index (χ2v) is 10.9. The van der Waals surface area contributed by atoms with Crippen LogP contribution in [0.25, 0.3) is 0 Å². The number of carbonyl (C=O) groups excluding carboxylic acids is 2. The fourth-order valence-corrected chi connectivity index (χ4v) is 5.23. The highest BCUT2D eigenvalue weighted by Crippen LogP contribution is 2.22. The predicted molar refractivity (Wildman–Crippen MR) is 153 cm³/mol. The first-order valence-corrected chi connectivity index (χ1v) is 14.8. The van der Waals surface area contributed by atoms with E-state index >= 15 is 0 Å². The number of ether oxygens (including phenoxy) is 1. The zero-order valence-corrected chi connectivity index (χ0v) is 23.8. The van der Waals surface area contributed by atoms with Crippen LogP contribution in [0.4, 0.5) is 5.69 Å². The highest BCUT2D eigenvalue weighted by atomic mass is 32.1. The van der Waals surface area contributed by atoms with Crippen LogP contribution in [0.5, 0.6) is 0 Å². The van der Waals surface area contributed by atoms with Crippen LogP contribution in [0.1, 0.15) is 91.7 Å². The number of aliphatic hydroxyl groups is 3. The van der Waals surface area contributed by atoms with Gasteiger partial charge < -0.3 is 25.0 Å². The first kappa shape index (κ1) is 32.0. The maximum Gasteiger partial charge on any atom is 0.348 e. The largest absolute Gasteiger partial charge is 0.459 e. The number of rotatable bonds is 15. The van der Waals surface area contributed by atoms with Crippen LogP contribution in [0.15, 0.2) is 36.4 Å². The summed E-state index contributed by atoms with van der Waals surface area (Å²) in [7, 11) is 0. The molecule has 212 valence electrons. The Morgan fingerprint density at radius 3 is 2.37 bits per heavy atom. The molecule has 0 saturated carbocycles. The van der Waals surface area contributed by atoms with Gasteiger partial charge in [-0.15, -0.1) is 11.3 Å². The lowest BCUT2D eigenvalue weighted by molar-refractivity contribution is -0.117. The van der Waals surface area contributed by atoms with Crippen molar-refractivity contribution in [3.05, 3.63) is 51.7 Å². The summed E-state index contributed by atoms with van der Waals surface area (Å²) in [5.74, 6) is -0.212. The number of aryl methyl sites for hydroxylation is 2. The molecule has 0 radical (unpaired) electrons. The lowest BCUT2D eigenvalue weighted by Gasteiger charge is -2.16. The Kier molecular flexibility index (Phi) is 15.2. The molecule has 0 spiro atoms. The lowest BCUT2D eigenvalue weighted by Crippen LogP contribution is -2.31. The number of amides is 1. The van der Waals surface area contributed by atoms with E-state index in [1.54, 1.807) is 6.07 Å². The van der Waals surface area contributed by atoms with E-state index in [0.717, 1.165) is 42.8 Å². The topological polar surface area (TPSA) is 107 Å². The molecule has 2 aromatic rings. The minimum absolute atomic E-state index is 0.0427. The number of nitrogens with zero attached hydrogens (tertiary/aromatic N) is 1. The minimum Gasteiger partial charge on any atom is -0.459 e. The molecule has 1 fully saturated rings. The number of hydrogen-bond donors (Lipinski definition) is 3. The monoisotopic (exact) mass is 547 g/mol. The lowest BCUT2D eigenvalue weighted by atomic mass is 10.1. The fraction of sp³-hybridized carbons (Fsp3) is 0.600. The van der Waals surface area contributed by atoms with Crippen molar-refractivity contribution in [2.45, 2.75) is 96.7 Å². The second kappa shape index (κ2) is 18.1. The highest BCUT2D eigenvalue weighted by Gasteiger charge is 2.21. The highest BCUT2D eigenvalue weighted by molar-refractivity contribution is 7.13. The Balaban J connectivity index is 0.000000268. The Bertz CT molecular complexity index is 944. The number of carbonyl (C=O) groups is 2.